The van der Waals surface area contributed by atoms with Gasteiger partial charge in [-0.1, -0.05) is 31.9 Å². The van der Waals surface area contributed by atoms with Gasteiger partial charge in [-0.05, 0) is 36.5 Å². The van der Waals surface area contributed by atoms with Gasteiger partial charge in [-0.3, -0.25) is 4.79 Å². The van der Waals surface area contributed by atoms with Crippen LogP contribution in [-0.2, 0) is 17.5 Å². The van der Waals surface area contributed by atoms with Gasteiger partial charge in [-0.15, -0.1) is 0 Å². The molecule has 0 spiro atoms. The fraction of sp³-hybridized carbons (Fsp3) is 0.600. The van der Waals surface area contributed by atoms with Gasteiger partial charge in [-0.2, -0.15) is 13.2 Å². The largest absolute Gasteiger partial charge is 0.416 e. The number of hydrogen-bond acceptors (Lipinski definition) is 2. The summed E-state index contributed by atoms with van der Waals surface area (Å²) in [6, 6.07) is 5.39. The lowest BCUT2D eigenvalue weighted by Gasteiger charge is -2.29. The summed E-state index contributed by atoms with van der Waals surface area (Å²) in [6.45, 7) is 2.37. The third-order valence-electron chi connectivity index (χ3n) is 4.86. The van der Waals surface area contributed by atoms with Crippen molar-refractivity contribution >= 4 is 11.9 Å². The number of halogens is 3. The average molecular weight is 398 g/mol. The van der Waals surface area contributed by atoms with Crippen molar-refractivity contribution in [1.29, 1.82) is 0 Å². The maximum absolute atomic E-state index is 12.9. The summed E-state index contributed by atoms with van der Waals surface area (Å²) in [5.41, 5.74) is -0.224. The van der Waals surface area contributed by atoms with Crippen LogP contribution < -0.4 is 10.6 Å². The lowest BCUT2D eigenvalue weighted by Crippen LogP contribution is -2.47. The molecule has 1 fully saturated rings. The predicted molar refractivity (Wildman–Crippen MR) is 104 cm³/mol. The van der Waals surface area contributed by atoms with Gasteiger partial charge in [0.15, 0.2) is 5.96 Å². The minimum Gasteiger partial charge on any atom is -0.354 e. The molecular weight excluding hydrogens is 369 g/mol. The quantitative estimate of drug-likeness (QED) is 0.590. The summed E-state index contributed by atoms with van der Waals surface area (Å²) in [5, 5.41) is 6.35. The summed E-state index contributed by atoms with van der Waals surface area (Å²) < 4.78 is 38.7. The molecule has 1 amide bonds. The number of nitrogens with zero attached hydrogens (tertiary/aromatic N) is 2. The summed E-state index contributed by atoms with van der Waals surface area (Å²) in [7, 11) is 3.33. The Hall–Kier alpha value is -2.25. The van der Waals surface area contributed by atoms with Crippen molar-refractivity contribution in [3.05, 3.63) is 35.4 Å². The van der Waals surface area contributed by atoms with Crippen molar-refractivity contribution in [3.63, 3.8) is 0 Å². The molecule has 1 aliphatic rings. The molecule has 2 N–H and O–H groups in total. The Balaban J connectivity index is 2.09. The zero-order chi connectivity index (χ0) is 20.7. The van der Waals surface area contributed by atoms with Gasteiger partial charge < -0.3 is 15.5 Å². The number of hydrogen-bond donors (Lipinski definition) is 2. The molecule has 0 heterocycles. The molecule has 1 saturated carbocycles. The average Bonchev–Trinajstić information content (AvgIpc) is 2.63. The lowest BCUT2D eigenvalue weighted by molar-refractivity contribution is -0.137. The molecule has 1 aromatic carbocycles. The first kappa shape index (κ1) is 22.0. The van der Waals surface area contributed by atoms with Gasteiger partial charge in [-0.25, -0.2) is 4.99 Å². The van der Waals surface area contributed by atoms with E-state index < -0.39 is 11.7 Å². The molecule has 2 unspecified atom stereocenters. The molecule has 0 bridgehead atoms. The first-order valence-corrected chi connectivity index (χ1v) is 9.56. The van der Waals surface area contributed by atoms with E-state index in [1.54, 1.807) is 20.2 Å². The molecule has 2 rings (SSSR count). The Labute approximate surface area is 164 Å². The van der Waals surface area contributed by atoms with Gasteiger partial charge in [0.25, 0.3) is 0 Å². The second-order valence-corrected chi connectivity index (χ2v) is 7.62. The highest BCUT2D eigenvalue weighted by Gasteiger charge is 2.30. The number of aliphatic imine (C=N–C) groups is 1. The number of amides is 1. The fourth-order valence-electron chi connectivity index (χ4n) is 3.24. The van der Waals surface area contributed by atoms with Gasteiger partial charge in [0.1, 0.15) is 0 Å². The van der Waals surface area contributed by atoms with E-state index in [1.807, 2.05) is 0 Å². The van der Waals surface area contributed by atoms with Crippen LogP contribution in [0.2, 0.25) is 0 Å². The molecule has 8 heteroatoms. The first-order valence-electron chi connectivity index (χ1n) is 9.56. The summed E-state index contributed by atoms with van der Waals surface area (Å²) in [4.78, 5) is 17.8. The Morgan fingerprint density at radius 3 is 2.68 bits per heavy atom. The van der Waals surface area contributed by atoms with Crippen molar-refractivity contribution in [2.75, 3.05) is 20.6 Å². The monoisotopic (exact) mass is 398 g/mol. The van der Waals surface area contributed by atoms with E-state index in [9.17, 15) is 18.0 Å². The van der Waals surface area contributed by atoms with Gasteiger partial charge in [0, 0.05) is 20.1 Å². The number of likely N-dealkylation sites (N-methyl/N-ethyl adjacent to an activating group) is 1. The van der Waals surface area contributed by atoms with E-state index >= 15 is 0 Å². The number of nitrogens with one attached hydrogen (secondary N) is 2. The first-order chi connectivity index (χ1) is 13.1. The number of alkyl halides is 3. The second-order valence-electron chi connectivity index (χ2n) is 7.62. The maximum atomic E-state index is 12.9. The third-order valence-corrected chi connectivity index (χ3v) is 4.86. The van der Waals surface area contributed by atoms with E-state index in [4.69, 9.17) is 0 Å². The Morgan fingerprint density at radius 1 is 1.29 bits per heavy atom. The Morgan fingerprint density at radius 2 is 2.04 bits per heavy atom. The molecular formula is C20H29F3N4O. The van der Waals surface area contributed by atoms with Crippen molar-refractivity contribution < 1.29 is 18.0 Å². The molecule has 156 valence electrons. The SMILES string of the molecule is CC1CCCC(NC(=NCc2cccc(C(F)(F)F)c2)NCC(=O)N(C)C)C1. The number of rotatable bonds is 5. The van der Waals surface area contributed by atoms with Crippen LogP contribution >= 0.6 is 0 Å². The minimum absolute atomic E-state index is 0.0731. The fourth-order valence-corrected chi connectivity index (χ4v) is 3.24. The predicted octanol–water partition coefficient (Wildman–Crippen LogP) is 3.41. The maximum Gasteiger partial charge on any atom is 0.416 e. The van der Waals surface area contributed by atoms with Crippen LogP contribution in [0.15, 0.2) is 29.3 Å². The normalized spacial score (nSPS) is 20.6. The van der Waals surface area contributed by atoms with E-state index in [1.165, 1.54) is 17.4 Å². The molecule has 0 aromatic heterocycles. The highest BCUT2D eigenvalue weighted by Crippen LogP contribution is 2.29. The molecule has 0 saturated heterocycles. The molecule has 5 nitrogen and oxygen atoms in total. The van der Waals surface area contributed by atoms with Crippen molar-refractivity contribution in [2.24, 2.45) is 10.9 Å². The summed E-state index contributed by atoms with van der Waals surface area (Å²) in [6.07, 6.45) is -0.0463. The molecule has 1 aromatic rings. The van der Waals surface area contributed by atoms with Crippen molar-refractivity contribution in [3.8, 4) is 0 Å². The van der Waals surface area contributed by atoms with Crippen LogP contribution in [0.3, 0.4) is 0 Å². The summed E-state index contributed by atoms with van der Waals surface area (Å²) >= 11 is 0. The number of benzene rings is 1. The van der Waals surface area contributed by atoms with Crippen LogP contribution in [-0.4, -0.2) is 43.4 Å². The van der Waals surface area contributed by atoms with Gasteiger partial charge in [0.05, 0.1) is 18.7 Å². The van der Waals surface area contributed by atoms with Gasteiger partial charge >= 0.3 is 6.18 Å². The summed E-state index contributed by atoms with van der Waals surface area (Å²) in [5.74, 6) is 0.955. The van der Waals surface area contributed by atoms with Crippen molar-refractivity contribution in [2.45, 2.75) is 51.4 Å². The smallest absolute Gasteiger partial charge is 0.354 e. The Kier molecular flexibility index (Phi) is 7.71. The molecule has 1 aliphatic carbocycles. The van der Waals surface area contributed by atoms with Crippen LogP contribution in [0.4, 0.5) is 13.2 Å². The number of carbonyl (C=O) groups is 1. The Bertz CT molecular complexity index is 688. The third kappa shape index (κ3) is 7.05. The van der Waals surface area contributed by atoms with E-state index in [0.29, 0.717) is 17.4 Å². The number of carbonyl (C=O) groups excluding carboxylic acids is 1. The molecule has 0 radical (unpaired) electrons. The number of guanidine groups is 1. The molecule has 0 aliphatic heterocycles. The minimum atomic E-state index is -4.38. The standard InChI is InChI=1S/C20H29F3N4O/c1-14-6-4-9-17(10-14)26-19(25-13-18(28)27(2)3)24-12-15-7-5-8-16(11-15)20(21,22)23/h5,7-8,11,14,17H,4,6,9-10,12-13H2,1-3H3,(H2,24,25,26). The topological polar surface area (TPSA) is 56.7 Å². The van der Waals surface area contributed by atoms with E-state index in [2.05, 4.69) is 22.5 Å². The zero-order valence-electron chi connectivity index (χ0n) is 16.6. The van der Waals surface area contributed by atoms with Crippen LogP contribution in [0.1, 0.15) is 43.7 Å². The molecule has 28 heavy (non-hydrogen) atoms. The molecule has 2 atom stereocenters. The highest BCUT2D eigenvalue weighted by atomic mass is 19.4. The second kappa shape index (κ2) is 9.80. The van der Waals surface area contributed by atoms with E-state index in [-0.39, 0.29) is 25.0 Å². The highest BCUT2D eigenvalue weighted by molar-refractivity contribution is 5.86. The van der Waals surface area contributed by atoms with Crippen molar-refractivity contribution in [1.82, 2.24) is 15.5 Å². The van der Waals surface area contributed by atoms with E-state index in [0.717, 1.165) is 31.4 Å². The zero-order valence-corrected chi connectivity index (χ0v) is 16.6. The van der Waals surface area contributed by atoms with Crippen LogP contribution in [0.5, 0.6) is 0 Å². The van der Waals surface area contributed by atoms with Crippen LogP contribution in [0.25, 0.3) is 0 Å². The van der Waals surface area contributed by atoms with Crippen LogP contribution in [0, 0.1) is 5.92 Å². The van der Waals surface area contributed by atoms with Gasteiger partial charge in [0.2, 0.25) is 5.91 Å². The lowest BCUT2D eigenvalue weighted by atomic mass is 9.87.